The molecule has 2 fully saturated rings. The zero-order valence-corrected chi connectivity index (χ0v) is 24.8. The Labute approximate surface area is 243 Å². The molecule has 4 aliphatic carbocycles. The number of hydrogen-bond donors (Lipinski definition) is 2. The van der Waals surface area contributed by atoms with Crippen LogP contribution < -0.4 is 14.8 Å². The number of nitrogens with zero attached hydrogens (tertiary/aromatic N) is 2. The number of ether oxygens (including phenoxy) is 2. The van der Waals surface area contributed by atoms with Gasteiger partial charge >= 0.3 is 0 Å². The predicted molar refractivity (Wildman–Crippen MR) is 164 cm³/mol. The van der Waals surface area contributed by atoms with Crippen LogP contribution in [0.15, 0.2) is 66.0 Å². The van der Waals surface area contributed by atoms with Crippen LogP contribution in [0.2, 0.25) is 0 Å². The molecule has 0 bridgehead atoms. The summed E-state index contributed by atoms with van der Waals surface area (Å²) in [4.78, 5) is 4.82. The third-order valence-electron chi connectivity index (χ3n) is 11.4. The fourth-order valence-corrected chi connectivity index (χ4v) is 9.29. The number of para-hydroxylation sites is 2. The SMILES string of the molecule is COc1ccc(NCC2=C(n3cnc4ccccc43)[C@@]3(C)CC[C@H]4[C@@H](CC=C5CC(O)CC[C@@]54C)[C@@H]3C2)cc1OC. The van der Waals surface area contributed by atoms with E-state index in [-0.39, 0.29) is 16.9 Å². The molecule has 1 aromatic heterocycles. The number of allylic oxidation sites excluding steroid dienone is 2. The molecular formula is C35H43N3O3. The van der Waals surface area contributed by atoms with E-state index in [1.165, 1.54) is 35.2 Å². The number of anilines is 1. The number of benzene rings is 2. The lowest BCUT2D eigenvalue weighted by atomic mass is 9.48. The summed E-state index contributed by atoms with van der Waals surface area (Å²) in [5.74, 6) is 3.40. The van der Waals surface area contributed by atoms with E-state index in [9.17, 15) is 5.11 Å². The van der Waals surface area contributed by atoms with Gasteiger partial charge in [-0.3, -0.25) is 0 Å². The van der Waals surface area contributed by atoms with Crippen molar-refractivity contribution in [3.63, 3.8) is 0 Å². The van der Waals surface area contributed by atoms with Crippen molar-refractivity contribution in [3.8, 4) is 11.5 Å². The van der Waals surface area contributed by atoms with E-state index in [1.54, 1.807) is 14.2 Å². The van der Waals surface area contributed by atoms with Gasteiger partial charge in [0.15, 0.2) is 11.5 Å². The molecule has 6 atom stereocenters. The number of hydrogen-bond acceptors (Lipinski definition) is 5. The van der Waals surface area contributed by atoms with Crippen molar-refractivity contribution in [1.29, 1.82) is 0 Å². The molecule has 3 aromatic rings. The minimum Gasteiger partial charge on any atom is -0.493 e. The van der Waals surface area contributed by atoms with Gasteiger partial charge in [0.25, 0.3) is 0 Å². The van der Waals surface area contributed by atoms with Gasteiger partial charge in [0.2, 0.25) is 0 Å². The first-order valence-electron chi connectivity index (χ1n) is 15.3. The summed E-state index contributed by atoms with van der Waals surface area (Å²) in [6, 6.07) is 14.6. The van der Waals surface area contributed by atoms with Gasteiger partial charge in [0.05, 0.1) is 31.4 Å². The number of nitrogens with one attached hydrogen (secondary N) is 1. The fourth-order valence-electron chi connectivity index (χ4n) is 9.29. The molecule has 1 heterocycles. The quantitative estimate of drug-likeness (QED) is 0.313. The van der Waals surface area contributed by atoms with Crippen LogP contribution in [-0.4, -0.2) is 41.5 Å². The lowest BCUT2D eigenvalue weighted by molar-refractivity contribution is -0.0251. The Hall–Kier alpha value is -3.25. The number of imidazole rings is 1. The Morgan fingerprint density at radius 3 is 2.61 bits per heavy atom. The first kappa shape index (κ1) is 26.6. The first-order valence-corrected chi connectivity index (χ1v) is 15.3. The van der Waals surface area contributed by atoms with Crippen LogP contribution in [0.3, 0.4) is 0 Å². The first-order chi connectivity index (χ1) is 19.9. The fraction of sp³-hybridized carbons (Fsp3) is 0.514. The summed E-state index contributed by atoms with van der Waals surface area (Å²) in [7, 11) is 3.36. The van der Waals surface area contributed by atoms with Crippen molar-refractivity contribution in [2.24, 2.45) is 28.6 Å². The number of aliphatic hydroxyl groups is 1. The minimum absolute atomic E-state index is 0.0785. The van der Waals surface area contributed by atoms with Gasteiger partial charge in [-0.25, -0.2) is 4.98 Å². The summed E-state index contributed by atoms with van der Waals surface area (Å²) in [6.07, 6.45) is 12.0. The van der Waals surface area contributed by atoms with Crippen LogP contribution in [0.1, 0.15) is 58.8 Å². The van der Waals surface area contributed by atoms with Crippen LogP contribution in [0, 0.1) is 28.6 Å². The number of aromatic nitrogens is 2. The second-order valence-corrected chi connectivity index (χ2v) is 13.3. The smallest absolute Gasteiger partial charge is 0.162 e. The van der Waals surface area contributed by atoms with Gasteiger partial charge in [-0.15, -0.1) is 0 Å². The molecule has 216 valence electrons. The number of fused-ring (bicyclic) bond motifs is 6. The van der Waals surface area contributed by atoms with E-state index in [4.69, 9.17) is 14.5 Å². The molecule has 2 saturated carbocycles. The normalized spacial score (nSPS) is 32.7. The standard InChI is InChI=1S/C35H43N3O3/c1-34-15-13-25(39)18-23(34)9-11-26-27(34)14-16-35(2)28(26)17-22(20-36-24-10-12-31(40-3)32(19-24)41-4)33(35)38-21-37-29-7-5-6-8-30(29)38/h5-10,12,19,21,25-28,36,39H,11,13-18,20H2,1-4H3/t25?,26-,27+,28+,34+,35+/m1/s1. The predicted octanol–water partition coefficient (Wildman–Crippen LogP) is 7.31. The monoisotopic (exact) mass is 553 g/mol. The Kier molecular flexibility index (Phi) is 6.46. The molecule has 0 aliphatic heterocycles. The van der Waals surface area contributed by atoms with Crippen molar-refractivity contribution in [2.75, 3.05) is 26.1 Å². The molecule has 1 unspecified atom stereocenters. The van der Waals surface area contributed by atoms with E-state index < -0.39 is 0 Å². The van der Waals surface area contributed by atoms with Crippen molar-refractivity contribution in [3.05, 3.63) is 66.0 Å². The third-order valence-corrected chi connectivity index (χ3v) is 11.4. The van der Waals surface area contributed by atoms with Gasteiger partial charge in [-0.1, -0.05) is 37.6 Å². The van der Waals surface area contributed by atoms with Crippen LogP contribution in [-0.2, 0) is 0 Å². The zero-order valence-electron chi connectivity index (χ0n) is 24.8. The third kappa shape index (κ3) is 4.12. The van der Waals surface area contributed by atoms with Crippen LogP contribution in [0.25, 0.3) is 16.7 Å². The maximum atomic E-state index is 10.4. The second kappa shape index (κ2) is 9.94. The summed E-state index contributed by atoms with van der Waals surface area (Å²) in [5, 5.41) is 14.2. The van der Waals surface area contributed by atoms with E-state index >= 15 is 0 Å². The minimum atomic E-state index is -0.164. The Balaban J connectivity index is 1.27. The van der Waals surface area contributed by atoms with Crippen molar-refractivity contribution in [2.45, 2.75) is 64.9 Å². The van der Waals surface area contributed by atoms with Crippen LogP contribution >= 0.6 is 0 Å². The van der Waals surface area contributed by atoms with Crippen LogP contribution in [0.5, 0.6) is 11.5 Å². The molecule has 6 nitrogen and oxygen atoms in total. The maximum Gasteiger partial charge on any atom is 0.162 e. The Bertz CT molecular complexity index is 1540. The Morgan fingerprint density at radius 2 is 1.78 bits per heavy atom. The number of rotatable bonds is 6. The molecule has 0 radical (unpaired) electrons. The van der Waals surface area contributed by atoms with E-state index in [0.29, 0.717) is 17.8 Å². The zero-order chi connectivity index (χ0) is 28.4. The number of aliphatic hydroxyl groups excluding tert-OH is 1. The van der Waals surface area contributed by atoms with Crippen molar-refractivity contribution >= 4 is 22.4 Å². The molecule has 6 heteroatoms. The molecular weight excluding hydrogens is 510 g/mol. The van der Waals surface area contributed by atoms with E-state index in [0.717, 1.165) is 61.4 Å². The largest absolute Gasteiger partial charge is 0.493 e. The van der Waals surface area contributed by atoms with Crippen molar-refractivity contribution < 1.29 is 14.6 Å². The summed E-state index contributed by atoms with van der Waals surface area (Å²) in [5.41, 5.74) is 8.03. The topological polar surface area (TPSA) is 68.5 Å². The van der Waals surface area contributed by atoms with Crippen LogP contribution in [0.4, 0.5) is 5.69 Å². The summed E-state index contributed by atoms with van der Waals surface area (Å²) >= 11 is 0. The average Bonchev–Trinajstić information content (AvgIpc) is 3.53. The van der Waals surface area contributed by atoms with Crippen molar-refractivity contribution in [1.82, 2.24) is 9.55 Å². The lowest BCUT2D eigenvalue weighted by Gasteiger charge is -2.57. The second-order valence-electron chi connectivity index (χ2n) is 13.3. The highest BCUT2D eigenvalue weighted by molar-refractivity contribution is 5.81. The molecule has 2 N–H and O–H groups in total. The highest BCUT2D eigenvalue weighted by atomic mass is 16.5. The van der Waals surface area contributed by atoms with E-state index in [2.05, 4.69) is 66.5 Å². The summed E-state index contributed by atoms with van der Waals surface area (Å²) in [6.45, 7) is 5.83. The molecule has 41 heavy (non-hydrogen) atoms. The molecule has 7 rings (SSSR count). The van der Waals surface area contributed by atoms with Gasteiger partial charge in [-0.05, 0) is 98.0 Å². The molecule has 4 aliphatic rings. The highest BCUT2D eigenvalue weighted by Gasteiger charge is 2.58. The molecule has 0 spiro atoms. The average molecular weight is 554 g/mol. The highest BCUT2D eigenvalue weighted by Crippen LogP contribution is 2.67. The van der Waals surface area contributed by atoms with Gasteiger partial charge in [0, 0.05) is 29.4 Å². The molecule has 0 saturated heterocycles. The summed E-state index contributed by atoms with van der Waals surface area (Å²) < 4.78 is 13.4. The number of methoxy groups -OCH3 is 2. The van der Waals surface area contributed by atoms with Gasteiger partial charge in [0.1, 0.15) is 6.33 Å². The van der Waals surface area contributed by atoms with E-state index in [1.807, 2.05) is 12.1 Å². The Morgan fingerprint density at radius 1 is 0.976 bits per heavy atom. The molecule has 2 aromatic carbocycles. The lowest BCUT2D eigenvalue weighted by Crippen LogP contribution is -2.50. The maximum absolute atomic E-state index is 10.4. The van der Waals surface area contributed by atoms with Gasteiger partial charge < -0.3 is 24.5 Å². The van der Waals surface area contributed by atoms with Gasteiger partial charge in [-0.2, -0.15) is 0 Å². The molecule has 0 amide bonds.